The van der Waals surface area contributed by atoms with Crippen molar-refractivity contribution in [3.8, 4) is 0 Å². The summed E-state index contributed by atoms with van der Waals surface area (Å²) >= 11 is 0. The number of fused-ring (bicyclic) bond motifs is 1. The summed E-state index contributed by atoms with van der Waals surface area (Å²) in [4.78, 5) is 11.9. The molecule has 96 valence electrons. The molecule has 0 aromatic carbocycles. The Bertz CT molecular complexity index is 562. The van der Waals surface area contributed by atoms with E-state index in [9.17, 15) is 9.50 Å². The van der Waals surface area contributed by atoms with Crippen LogP contribution in [0.1, 0.15) is 6.23 Å². The molecule has 7 nitrogen and oxygen atoms in total. The number of ether oxygens (including phenoxy) is 1. The standard InChI is InChI=1S/C10H12FN5O2/c11-7-8(17)6(1-12)18-10(7)16-4-15-5-2-13-3-14-9(5)16/h2-4,6-8,10,17H,1,12H2/t6-,7-,8-,10-/m1/s1. The number of nitrogens with two attached hydrogens (primary N) is 1. The van der Waals surface area contributed by atoms with Crippen molar-refractivity contribution in [3.05, 3.63) is 18.9 Å². The van der Waals surface area contributed by atoms with E-state index in [-0.39, 0.29) is 6.54 Å². The fourth-order valence-corrected chi connectivity index (χ4v) is 2.09. The van der Waals surface area contributed by atoms with Gasteiger partial charge in [0.05, 0.1) is 12.5 Å². The van der Waals surface area contributed by atoms with Gasteiger partial charge in [-0.3, -0.25) is 4.57 Å². The number of halogens is 1. The predicted octanol–water partition coefficient (Wildman–Crippen LogP) is -0.619. The fourth-order valence-electron chi connectivity index (χ4n) is 2.09. The average Bonchev–Trinajstić information content (AvgIpc) is 2.93. The SMILES string of the molecule is NC[C@H]1O[C@@H](n2cnc3cncnc32)[C@H](F)[C@@H]1O. The minimum atomic E-state index is -1.56. The first-order valence-electron chi connectivity index (χ1n) is 5.52. The van der Waals surface area contributed by atoms with Gasteiger partial charge in [0, 0.05) is 6.54 Å². The summed E-state index contributed by atoms with van der Waals surface area (Å²) in [6, 6.07) is 0. The van der Waals surface area contributed by atoms with E-state index in [0.717, 1.165) is 0 Å². The van der Waals surface area contributed by atoms with Crippen molar-refractivity contribution in [1.82, 2.24) is 19.5 Å². The summed E-state index contributed by atoms with van der Waals surface area (Å²) in [7, 11) is 0. The number of rotatable bonds is 2. The molecular formula is C10H12FN5O2. The molecule has 1 aliphatic rings. The van der Waals surface area contributed by atoms with Crippen molar-refractivity contribution in [3.63, 3.8) is 0 Å². The van der Waals surface area contributed by atoms with Crippen molar-refractivity contribution in [1.29, 1.82) is 0 Å². The molecule has 0 spiro atoms. The van der Waals surface area contributed by atoms with Crippen LogP contribution in [-0.2, 0) is 4.74 Å². The number of alkyl halides is 1. The molecule has 2 aromatic rings. The highest BCUT2D eigenvalue weighted by atomic mass is 19.1. The molecule has 18 heavy (non-hydrogen) atoms. The first-order chi connectivity index (χ1) is 8.72. The zero-order valence-electron chi connectivity index (χ0n) is 9.35. The lowest BCUT2D eigenvalue weighted by Gasteiger charge is -2.14. The minimum Gasteiger partial charge on any atom is -0.387 e. The van der Waals surface area contributed by atoms with Gasteiger partial charge in [-0.25, -0.2) is 19.3 Å². The summed E-state index contributed by atoms with van der Waals surface area (Å²) in [5.41, 5.74) is 6.41. The van der Waals surface area contributed by atoms with Crippen molar-refractivity contribution < 1.29 is 14.2 Å². The van der Waals surface area contributed by atoms with E-state index in [4.69, 9.17) is 10.5 Å². The summed E-state index contributed by atoms with van der Waals surface area (Å²) < 4.78 is 20.8. The Kier molecular flexibility index (Phi) is 2.69. The zero-order chi connectivity index (χ0) is 12.7. The second-order valence-corrected chi connectivity index (χ2v) is 4.12. The van der Waals surface area contributed by atoms with Crippen LogP contribution in [0.5, 0.6) is 0 Å². The molecule has 0 saturated carbocycles. The molecule has 0 aliphatic carbocycles. The molecule has 0 amide bonds. The van der Waals surface area contributed by atoms with Gasteiger partial charge in [-0.15, -0.1) is 0 Å². The molecule has 3 rings (SSSR count). The topological polar surface area (TPSA) is 99.1 Å². The van der Waals surface area contributed by atoms with E-state index in [1.807, 2.05) is 0 Å². The van der Waals surface area contributed by atoms with Crippen LogP contribution >= 0.6 is 0 Å². The minimum absolute atomic E-state index is 0.0553. The van der Waals surface area contributed by atoms with Crippen LogP contribution in [0, 0.1) is 0 Å². The van der Waals surface area contributed by atoms with E-state index in [1.165, 1.54) is 23.4 Å². The molecule has 2 aromatic heterocycles. The van der Waals surface area contributed by atoms with Crippen molar-refractivity contribution in [2.45, 2.75) is 24.6 Å². The maximum atomic E-state index is 14.0. The van der Waals surface area contributed by atoms with Gasteiger partial charge < -0.3 is 15.6 Å². The van der Waals surface area contributed by atoms with Gasteiger partial charge in [0.1, 0.15) is 24.1 Å². The van der Waals surface area contributed by atoms with Crippen LogP contribution in [0.25, 0.3) is 11.2 Å². The molecule has 0 radical (unpaired) electrons. The Labute approximate surface area is 101 Å². The third kappa shape index (κ3) is 1.57. The highest BCUT2D eigenvalue weighted by molar-refractivity contribution is 5.68. The molecule has 1 aliphatic heterocycles. The van der Waals surface area contributed by atoms with Crippen molar-refractivity contribution in [2.24, 2.45) is 5.73 Å². The molecule has 3 heterocycles. The van der Waals surface area contributed by atoms with E-state index < -0.39 is 24.6 Å². The van der Waals surface area contributed by atoms with Gasteiger partial charge in [-0.05, 0) is 0 Å². The number of imidazole rings is 1. The maximum absolute atomic E-state index is 14.0. The Balaban J connectivity index is 2.00. The highest BCUT2D eigenvalue weighted by Gasteiger charge is 2.44. The fraction of sp³-hybridized carbons (Fsp3) is 0.500. The van der Waals surface area contributed by atoms with E-state index >= 15 is 0 Å². The average molecular weight is 253 g/mol. The Hall–Kier alpha value is -1.64. The normalized spacial score (nSPS) is 32.2. The third-order valence-electron chi connectivity index (χ3n) is 3.04. The number of aromatic nitrogens is 4. The Morgan fingerprint density at radius 3 is 3.06 bits per heavy atom. The molecule has 1 saturated heterocycles. The van der Waals surface area contributed by atoms with Crippen LogP contribution in [0.3, 0.4) is 0 Å². The van der Waals surface area contributed by atoms with Crippen LogP contribution in [0.4, 0.5) is 4.39 Å². The molecule has 8 heteroatoms. The lowest BCUT2D eigenvalue weighted by molar-refractivity contribution is -0.0180. The van der Waals surface area contributed by atoms with E-state index in [1.54, 1.807) is 0 Å². The van der Waals surface area contributed by atoms with E-state index in [0.29, 0.717) is 11.2 Å². The molecule has 4 atom stereocenters. The quantitative estimate of drug-likeness (QED) is 0.740. The first-order valence-corrected chi connectivity index (χ1v) is 5.52. The number of hydrogen-bond donors (Lipinski definition) is 2. The molecule has 3 N–H and O–H groups in total. The lowest BCUT2D eigenvalue weighted by atomic mass is 10.1. The van der Waals surface area contributed by atoms with Crippen molar-refractivity contribution in [2.75, 3.05) is 6.54 Å². The van der Waals surface area contributed by atoms with Gasteiger partial charge in [-0.2, -0.15) is 0 Å². The van der Waals surface area contributed by atoms with Gasteiger partial charge in [0.25, 0.3) is 0 Å². The molecule has 1 fully saturated rings. The molecular weight excluding hydrogens is 241 g/mol. The van der Waals surface area contributed by atoms with Gasteiger partial charge in [0.2, 0.25) is 0 Å². The highest BCUT2D eigenvalue weighted by Crippen LogP contribution is 2.32. The van der Waals surface area contributed by atoms with Gasteiger partial charge in [0.15, 0.2) is 18.0 Å². The predicted molar refractivity (Wildman–Crippen MR) is 59.2 cm³/mol. The number of aliphatic hydroxyl groups excluding tert-OH is 1. The number of hydrogen-bond acceptors (Lipinski definition) is 6. The monoisotopic (exact) mass is 253 g/mol. The summed E-state index contributed by atoms with van der Waals surface area (Å²) in [6.07, 6.45) is -0.192. The third-order valence-corrected chi connectivity index (χ3v) is 3.04. The summed E-state index contributed by atoms with van der Waals surface area (Å²) in [5, 5.41) is 9.65. The summed E-state index contributed by atoms with van der Waals surface area (Å²) in [5.74, 6) is 0. The molecule has 0 unspecified atom stereocenters. The van der Waals surface area contributed by atoms with Gasteiger partial charge in [-0.1, -0.05) is 0 Å². The second-order valence-electron chi connectivity index (χ2n) is 4.12. The van der Waals surface area contributed by atoms with E-state index in [2.05, 4.69) is 15.0 Å². The van der Waals surface area contributed by atoms with Gasteiger partial charge >= 0.3 is 0 Å². The summed E-state index contributed by atoms with van der Waals surface area (Å²) in [6.45, 7) is 0.0553. The maximum Gasteiger partial charge on any atom is 0.173 e. The van der Waals surface area contributed by atoms with Crippen LogP contribution in [0.2, 0.25) is 0 Å². The van der Waals surface area contributed by atoms with Crippen molar-refractivity contribution >= 4 is 11.2 Å². The first kappa shape index (κ1) is 11.5. The smallest absolute Gasteiger partial charge is 0.173 e. The second kappa shape index (κ2) is 4.23. The molecule has 0 bridgehead atoms. The zero-order valence-corrected chi connectivity index (χ0v) is 9.35. The Morgan fingerprint density at radius 1 is 1.50 bits per heavy atom. The lowest BCUT2D eigenvalue weighted by Crippen LogP contribution is -2.33. The van der Waals surface area contributed by atoms with Crippen LogP contribution < -0.4 is 5.73 Å². The Morgan fingerprint density at radius 2 is 2.33 bits per heavy atom. The van der Waals surface area contributed by atoms with Crippen LogP contribution in [0.15, 0.2) is 18.9 Å². The van der Waals surface area contributed by atoms with Crippen LogP contribution in [-0.4, -0.2) is 49.5 Å². The largest absolute Gasteiger partial charge is 0.387 e. The number of aliphatic hydroxyl groups is 1. The number of nitrogens with zero attached hydrogens (tertiary/aromatic N) is 4.